The summed E-state index contributed by atoms with van der Waals surface area (Å²) in [6, 6.07) is 12.5. The Labute approximate surface area is 170 Å². The second-order valence-electron chi connectivity index (χ2n) is 7.20. The molecule has 2 aromatic carbocycles. The lowest BCUT2D eigenvalue weighted by Crippen LogP contribution is -2.26. The van der Waals surface area contributed by atoms with E-state index in [1.807, 2.05) is 0 Å². The van der Waals surface area contributed by atoms with E-state index < -0.39 is 16.5 Å². The topological polar surface area (TPSA) is 104 Å². The first-order valence-corrected chi connectivity index (χ1v) is 9.75. The Bertz CT molecular complexity index is 1130. The summed E-state index contributed by atoms with van der Waals surface area (Å²) in [7, 11) is 0. The molecule has 0 N–H and O–H groups in total. The number of nitrogens with zero attached hydrogens (tertiary/aromatic N) is 3. The summed E-state index contributed by atoms with van der Waals surface area (Å²) < 4.78 is 6.66. The molecule has 0 unspecified atom stereocenters. The molecule has 8 nitrogen and oxygen atoms in total. The van der Waals surface area contributed by atoms with Gasteiger partial charge in [0.25, 0.3) is 11.2 Å². The van der Waals surface area contributed by atoms with Crippen molar-refractivity contribution >= 4 is 34.3 Å². The van der Waals surface area contributed by atoms with Crippen molar-refractivity contribution < 1.29 is 14.5 Å². The number of nitro benzene ring substituents is 1. The van der Waals surface area contributed by atoms with Gasteiger partial charge in [-0.1, -0.05) is 23.9 Å². The molecule has 0 atom stereocenters. The van der Waals surface area contributed by atoms with Gasteiger partial charge in [0.05, 0.1) is 27.3 Å². The number of esters is 1. The molecule has 0 saturated carbocycles. The average molecular weight is 413 g/mol. The van der Waals surface area contributed by atoms with Gasteiger partial charge >= 0.3 is 5.97 Å². The van der Waals surface area contributed by atoms with Crippen LogP contribution in [0.2, 0.25) is 0 Å². The zero-order valence-corrected chi connectivity index (χ0v) is 16.9. The van der Waals surface area contributed by atoms with Gasteiger partial charge in [0, 0.05) is 12.1 Å². The molecule has 0 aliphatic carbocycles. The van der Waals surface area contributed by atoms with E-state index in [1.54, 1.807) is 45.0 Å². The summed E-state index contributed by atoms with van der Waals surface area (Å²) >= 11 is 1.07. The Morgan fingerprint density at radius 3 is 2.45 bits per heavy atom. The third-order valence-electron chi connectivity index (χ3n) is 3.80. The van der Waals surface area contributed by atoms with E-state index in [0.29, 0.717) is 21.7 Å². The van der Waals surface area contributed by atoms with Crippen LogP contribution in [-0.2, 0) is 9.53 Å². The molecule has 29 heavy (non-hydrogen) atoms. The number of non-ortho nitro benzene ring substituents is 1. The zero-order chi connectivity index (χ0) is 21.2. The summed E-state index contributed by atoms with van der Waals surface area (Å²) in [6.45, 7) is 5.32. The monoisotopic (exact) mass is 413 g/mol. The Morgan fingerprint density at radius 1 is 1.17 bits per heavy atom. The smallest absolute Gasteiger partial charge is 0.316 e. The quantitative estimate of drug-likeness (QED) is 0.206. The molecule has 9 heteroatoms. The number of hydrogen-bond acceptors (Lipinski definition) is 7. The molecule has 0 bridgehead atoms. The van der Waals surface area contributed by atoms with Crippen molar-refractivity contribution in [3.05, 3.63) is 69.0 Å². The molecule has 1 aromatic heterocycles. The lowest BCUT2D eigenvalue weighted by atomic mass is 10.2. The van der Waals surface area contributed by atoms with Crippen LogP contribution >= 0.6 is 11.8 Å². The van der Waals surface area contributed by atoms with Crippen LogP contribution in [0.25, 0.3) is 16.6 Å². The number of thioether (sulfide) groups is 1. The van der Waals surface area contributed by atoms with Gasteiger partial charge < -0.3 is 4.74 Å². The van der Waals surface area contributed by atoms with Crippen molar-refractivity contribution in [2.24, 2.45) is 0 Å². The number of carbonyl (C=O) groups is 1. The Kier molecular flexibility index (Phi) is 5.69. The lowest BCUT2D eigenvalue weighted by Gasteiger charge is -2.19. The molecule has 0 radical (unpaired) electrons. The number of carbonyl (C=O) groups excluding carboxylic acids is 1. The molecule has 0 aliphatic heterocycles. The van der Waals surface area contributed by atoms with E-state index in [0.717, 1.165) is 11.8 Å². The lowest BCUT2D eigenvalue weighted by molar-refractivity contribution is -0.384. The van der Waals surface area contributed by atoms with Crippen LogP contribution in [0.1, 0.15) is 20.8 Å². The minimum atomic E-state index is -0.619. The summed E-state index contributed by atoms with van der Waals surface area (Å²) in [6.07, 6.45) is 0. The molecule has 1 heterocycles. The molecule has 0 saturated heterocycles. The molecule has 3 rings (SSSR count). The maximum Gasteiger partial charge on any atom is 0.316 e. The van der Waals surface area contributed by atoms with E-state index in [2.05, 4.69) is 4.98 Å². The van der Waals surface area contributed by atoms with Crippen LogP contribution in [0.15, 0.2) is 58.5 Å². The first-order chi connectivity index (χ1) is 13.7. The predicted molar refractivity (Wildman–Crippen MR) is 111 cm³/mol. The van der Waals surface area contributed by atoms with Crippen LogP contribution in [0.5, 0.6) is 0 Å². The number of para-hydroxylation sites is 1. The van der Waals surface area contributed by atoms with Crippen LogP contribution < -0.4 is 5.56 Å². The molecule has 3 aromatic rings. The molecule has 0 fully saturated rings. The summed E-state index contributed by atoms with van der Waals surface area (Å²) in [5.41, 5.74) is -0.102. The Hall–Kier alpha value is -3.20. The van der Waals surface area contributed by atoms with Crippen molar-refractivity contribution in [2.45, 2.75) is 31.5 Å². The second kappa shape index (κ2) is 8.04. The third kappa shape index (κ3) is 4.80. The van der Waals surface area contributed by atoms with Crippen molar-refractivity contribution in [1.82, 2.24) is 9.55 Å². The van der Waals surface area contributed by atoms with Gasteiger partial charge in [-0.3, -0.25) is 24.3 Å². The maximum atomic E-state index is 13.1. The van der Waals surface area contributed by atoms with E-state index in [4.69, 9.17) is 4.74 Å². The zero-order valence-electron chi connectivity index (χ0n) is 16.1. The number of rotatable bonds is 5. The minimum absolute atomic E-state index is 0.0327. The number of hydrogen-bond donors (Lipinski definition) is 0. The van der Waals surface area contributed by atoms with Crippen LogP contribution in [-0.4, -0.2) is 31.8 Å². The highest BCUT2D eigenvalue weighted by Crippen LogP contribution is 2.23. The number of aromatic nitrogens is 2. The van der Waals surface area contributed by atoms with Crippen molar-refractivity contribution in [1.29, 1.82) is 0 Å². The predicted octanol–water partition coefficient (Wildman–Crippen LogP) is 3.73. The Morgan fingerprint density at radius 2 is 1.83 bits per heavy atom. The van der Waals surface area contributed by atoms with Gasteiger partial charge in [-0.25, -0.2) is 4.98 Å². The van der Waals surface area contributed by atoms with Gasteiger partial charge in [-0.15, -0.1) is 0 Å². The van der Waals surface area contributed by atoms with Gasteiger partial charge in [0.2, 0.25) is 0 Å². The number of benzene rings is 2. The standard InChI is InChI=1S/C20H19N3O5S/c1-20(2,3)28-17(24)12-29-19-21-16-7-5-4-6-15(16)18(25)22(19)13-8-10-14(11-9-13)23(26)27/h4-11H,12H2,1-3H3. The number of ether oxygens (including phenoxy) is 1. The van der Waals surface area contributed by atoms with Crippen molar-refractivity contribution in [2.75, 3.05) is 5.75 Å². The first-order valence-electron chi connectivity index (χ1n) is 8.77. The number of fused-ring (bicyclic) bond motifs is 1. The van der Waals surface area contributed by atoms with E-state index >= 15 is 0 Å². The Balaban J connectivity index is 2.05. The molecule has 0 amide bonds. The molecule has 0 aliphatic rings. The maximum absolute atomic E-state index is 13.1. The van der Waals surface area contributed by atoms with Crippen LogP contribution in [0.3, 0.4) is 0 Å². The fourth-order valence-electron chi connectivity index (χ4n) is 2.65. The summed E-state index contributed by atoms with van der Waals surface area (Å²) in [5.74, 6) is -0.463. The van der Waals surface area contributed by atoms with Crippen LogP contribution in [0, 0.1) is 10.1 Å². The van der Waals surface area contributed by atoms with Gasteiger partial charge in [0.15, 0.2) is 5.16 Å². The molecule has 0 spiro atoms. The molecular formula is C20H19N3O5S. The molecular weight excluding hydrogens is 394 g/mol. The SMILES string of the molecule is CC(C)(C)OC(=O)CSc1nc2ccccc2c(=O)n1-c1ccc([N+](=O)[O-])cc1. The third-order valence-corrected chi connectivity index (χ3v) is 4.71. The summed E-state index contributed by atoms with van der Waals surface area (Å²) in [5, 5.41) is 11.6. The fraction of sp³-hybridized carbons (Fsp3) is 0.250. The van der Waals surface area contributed by atoms with Gasteiger partial charge in [0.1, 0.15) is 5.60 Å². The van der Waals surface area contributed by atoms with Crippen LogP contribution in [0.4, 0.5) is 5.69 Å². The highest BCUT2D eigenvalue weighted by molar-refractivity contribution is 7.99. The van der Waals surface area contributed by atoms with Crippen molar-refractivity contribution in [3.63, 3.8) is 0 Å². The fourth-order valence-corrected chi connectivity index (χ4v) is 3.44. The molecule has 150 valence electrons. The van der Waals surface area contributed by atoms with E-state index in [1.165, 1.54) is 28.8 Å². The second-order valence-corrected chi connectivity index (χ2v) is 8.14. The van der Waals surface area contributed by atoms with E-state index in [9.17, 15) is 19.7 Å². The largest absolute Gasteiger partial charge is 0.459 e. The summed E-state index contributed by atoms with van der Waals surface area (Å²) in [4.78, 5) is 40.1. The normalized spacial score (nSPS) is 11.4. The highest BCUT2D eigenvalue weighted by atomic mass is 32.2. The van der Waals surface area contributed by atoms with E-state index in [-0.39, 0.29) is 17.0 Å². The number of nitro groups is 1. The van der Waals surface area contributed by atoms with Crippen molar-refractivity contribution in [3.8, 4) is 5.69 Å². The minimum Gasteiger partial charge on any atom is -0.459 e. The average Bonchev–Trinajstić information content (AvgIpc) is 2.65. The first kappa shape index (κ1) is 20.5. The van der Waals surface area contributed by atoms with Gasteiger partial charge in [-0.2, -0.15) is 0 Å². The van der Waals surface area contributed by atoms with Gasteiger partial charge in [-0.05, 0) is 45.0 Å². The highest BCUT2D eigenvalue weighted by Gasteiger charge is 2.19.